The van der Waals surface area contributed by atoms with Gasteiger partial charge in [-0.05, 0) is 86.0 Å². The van der Waals surface area contributed by atoms with Gasteiger partial charge in [-0.3, -0.25) is 20.4 Å². The van der Waals surface area contributed by atoms with Crippen LogP contribution < -0.4 is 15.6 Å². The third kappa shape index (κ3) is 4.91. The van der Waals surface area contributed by atoms with Gasteiger partial charge in [-0.1, -0.05) is 0 Å². The van der Waals surface area contributed by atoms with Crippen molar-refractivity contribution in [1.82, 2.24) is 15.6 Å². The molecule has 0 aliphatic heterocycles. The van der Waals surface area contributed by atoms with E-state index in [0.29, 0.717) is 6.42 Å². The molecule has 4 saturated carbocycles. The van der Waals surface area contributed by atoms with Crippen molar-refractivity contribution in [2.75, 3.05) is 6.54 Å². The number of nitriles is 1. The van der Waals surface area contributed by atoms with Crippen LogP contribution in [0.2, 0.25) is 0 Å². The fraction of sp³-hybridized carbons (Fsp3) is 0.591. The molecule has 8 nitrogen and oxygen atoms in total. The molecule has 5 rings (SSSR count). The third-order valence-electron chi connectivity index (χ3n) is 6.97. The highest BCUT2D eigenvalue weighted by Gasteiger charge is 2.51. The smallest absolute Gasteiger partial charge is 0.269 e. The van der Waals surface area contributed by atoms with Gasteiger partial charge < -0.3 is 0 Å². The lowest BCUT2D eigenvalue weighted by Crippen LogP contribution is -2.50. The lowest BCUT2D eigenvalue weighted by Gasteiger charge is -2.56. The molecule has 3 N–H and O–H groups in total. The zero-order valence-corrected chi connectivity index (χ0v) is 18.2. The van der Waals surface area contributed by atoms with E-state index in [1.807, 2.05) is 6.07 Å². The van der Waals surface area contributed by atoms with Gasteiger partial charge in [-0.2, -0.15) is 5.26 Å². The Morgan fingerprint density at radius 2 is 1.58 bits per heavy atom. The zero-order valence-electron chi connectivity index (χ0n) is 17.4. The summed E-state index contributed by atoms with van der Waals surface area (Å²) in [6.07, 6.45) is 7.84. The Bertz CT molecular complexity index is 962. The summed E-state index contributed by atoms with van der Waals surface area (Å²) in [6, 6.07) is 7.28. The van der Waals surface area contributed by atoms with Gasteiger partial charge in [0.25, 0.3) is 5.91 Å². The number of amides is 2. The van der Waals surface area contributed by atoms with Gasteiger partial charge in [0.2, 0.25) is 15.9 Å². The molecule has 9 heteroatoms. The maximum absolute atomic E-state index is 12.5. The summed E-state index contributed by atoms with van der Waals surface area (Å²) in [6.45, 7) is 0.0246. The average molecular weight is 445 g/mol. The monoisotopic (exact) mass is 444 g/mol. The fourth-order valence-electron chi connectivity index (χ4n) is 6.20. The van der Waals surface area contributed by atoms with Crippen LogP contribution in [0.5, 0.6) is 0 Å². The largest absolute Gasteiger partial charge is 0.273 e. The van der Waals surface area contributed by atoms with Crippen LogP contribution in [0.3, 0.4) is 0 Å². The molecule has 166 valence electrons. The number of benzene rings is 1. The summed E-state index contributed by atoms with van der Waals surface area (Å²) < 4.78 is 26.6. The van der Waals surface area contributed by atoms with Gasteiger partial charge in [0.15, 0.2) is 0 Å². The van der Waals surface area contributed by atoms with Crippen LogP contribution in [0.25, 0.3) is 0 Å². The first-order valence-electron chi connectivity index (χ1n) is 10.8. The lowest BCUT2D eigenvalue weighted by atomic mass is 9.49. The summed E-state index contributed by atoms with van der Waals surface area (Å²) >= 11 is 0. The summed E-state index contributed by atoms with van der Waals surface area (Å²) in [5.74, 6) is 1.62. The van der Waals surface area contributed by atoms with E-state index >= 15 is 0 Å². The average Bonchev–Trinajstić information content (AvgIpc) is 2.71. The van der Waals surface area contributed by atoms with E-state index in [2.05, 4.69) is 15.6 Å². The Balaban J connectivity index is 1.29. The molecule has 2 amide bonds. The molecule has 4 aliphatic rings. The van der Waals surface area contributed by atoms with Crippen molar-refractivity contribution in [1.29, 1.82) is 5.26 Å². The van der Waals surface area contributed by atoms with Crippen LogP contribution >= 0.6 is 0 Å². The van der Waals surface area contributed by atoms with Gasteiger partial charge in [-0.25, -0.2) is 13.1 Å². The summed E-state index contributed by atoms with van der Waals surface area (Å²) in [5.41, 5.74) is 5.31. The van der Waals surface area contributed by atoms with E-state index in [0.717, 1.165) is 37.0 Å². The number of carbonyl (C=O) groups is 2. The van der Waals surface area contributed by atoms with Crippen molar-refractivity contribution in [3.05, 3.63) is 29.8 Å². The minimum Gasteiger partial charge on any atom is -0.273 e. The minimum absolute atomic E-state index is 0.00726. The van der Waals surface area contributed by atoms with Crippen molar-refractivity contribution in [2.24, 2.45) is 23.2 Å². The van der Waals surface area contributed by atoms with Gasteiger partial charge >= 0.3 is 0 Å². The van der Waals surface area contributed by atoms with Gasteiger partial charge in [0.05, 0.1) is 11.0 Å². The number of hydrogen-bond acceptors (Lipinski definition) is 5. The van der Waals surface area contributed by atoms with Crippen molar-refractivity contribution in [3.63, 3.8) is 0 Å². The summed E-state index contributed by atoms with van der Waals surface area (Å²) in [4.78, 5) is 24.9. The van der Waals surface area contributed by atoms with Crippen LogP contribution in [0.1, 0.15) is 61.7 Å². The van der Waals surface area contributed by atoms with Crippen molar-refractivity contribution in [3.8, 4) is 6.07 Å². The topological polar surface area (TPSA) is 128 Å². The van der Waals surface area contributed by atoms with E-state index in [1.54, 1.807) is 0 Å². The van der Waals surface area contributed by atoms with Crippen molar-refractivity contribution >= 4 is 21.8 Å². The molecule has 4 bridgehead atoms. The normalized spacial score (nSPS) is 28.7. The third-order valence-corrected chi connectivity index (χ3v) is 8.45. The van der Waals surface area contributed by atoms with Gasteiger partial charge in [0, 0.05) is 24.9 Å². The molecular formula is C22H28N4O4S. The van der Waals surface area contributed by atoms with Crippen LogP contribution in [0.4, 0.5) is 0 Å². The number of carbonyl (C=O) groups excluding carboxylic acids is 2. The van der Waals surface area contributed by atoms with Crippen LogP contribution in [-0.4, -0.2) is 26.8 Å². The summed E-state index contributed by atoms with van der Waals surface area (Å²) in [5, 5.41) is 8.51. The Kier molecular flexibility index (Phi) is 6.04. The van der Waals surface area contributed by atoms with E-state index in [-0.39, 0.29) is 34.7 Å². The molecule has 4 aliphatic carbocycles. The first-order valence-corrected chi connectivity index (χ1v) is 12.3. The summed E-state index contributed by atoms with van der Waals surface area (Å²) in [7, 11) is -3.73. The molecule has 31 heavy (non-hydrogen) atoms. The Morgan fingerprint density at radius 1 is 1.00 bits per heavy atom. The molecule has 0 heterocycles. The molecule has 0 unspecified atom stereocenters. The minimum atomic E-state index is -3.73. The SMILES string of the molecule is N#CCCNS(=O)(=O)c1ccc(C(=O)NNC(=O)CC23CC4CC(CC(C4)C2)C3)cc1. The van der Waals surface area contributed by atoms with Gasteiger partial charge in [-0.15, -0.1) is 0 Å². The predicted octanol–water partition coefficient (Wildman–Crippen LogP) is 2.25. The highest BCUT2D eigenvalue weighted by atomic mass is 32.2. The Labute approximate surface area is 182 Å². The van der Waals surface area contributed by atoms with Crippen LogP contribution in [-0.2, 0) is 14.8 Å². The highest BCUT2D eigenvalue weighted by Crippen LogP contribution is 2.61. The van der Waals surface area contributed by atoms with E-state index in [9.17, 15) is 18.0 Å². The second-order valence-electron chi connectivity index (χ2n) is 9.43. The molecular weight excluding hydrogens is 416 g/mol. The van der Waals surface area contributed by atoms with Crippen molar-refractivity contribution < 1.29 is 18.0 Å². The molecule has 0 atom stereocenters. The molecule has 1 aromatic rings. The zero-order chi connectivity index (χ0) is 22.1. The predicted molar refractivity (Wildman–Crippen MR) is 113 cm³/mol. The lowest BCUT2D eigenvalue weighted by molar-refractivity contribution is -0.130. The van der Waals surface area contributed by atoms with Crippen LogP contribution in [0.15, 0.2) is 29.2 Å². The van der Waals surface area contributed by atoms with E-state index in [4.69, 9.17) is 5.26 Å². The van der Waals surface area contributed by atoms with Crippen molar-refractivity contribution in [2.45, 2.75) is 56.3 Å². The fourth-order valence-corrected chi connectivity index (χ4v) is 7.23. The van der Waals surface area contributed by atoms with E-state index < -0.39 is 15.9 Å². The molecule has 0 saturated heterocycles. The Morgan fingerprint density at radius 3 is 2.13 bits per heavy atom. The first kappa shape index (κ1) is 21.8. The number of nitrogens with one attached hydrogen (secondary N) is 3. The number of nitrogens with zero attached hydrogens (tertiary/aromatic N) is 1. The first-order chi connectivity index (χ1) is 14.8. The maximum atomic E-state index is 12.5. The van der Waals surface area contributed by atoms with E-state index in [1.165, 1.54) is 43.5 Å². The van der Waals surface area contributed by atoms with Crippen LogP contribution in [0, 0.1) is 34.5 Å². The Hall–Kier alpha value is -2.44. The molecule has 4 fully saturated rings. The molecule has 1 aromatic carbocycles. The molecule has 0 radical (unpaired) electrons. The second-order valence-corrected chi connectivity index (χ2v) is 11.2. The number of sulfonamides is 1. The van der Waals surface area contributed by atoms with Gasteiger partial charge in [0.1, 0.15) is 0 Å². The standard InChI is InChI=1S/C22H28N4O4S/c23-6-1-7-24-31(29,30)19-4-2-18(3-5-19)21(28)26-25-20(27)14-22-11-15-8-16(12-22)10-17(9-15)13-22/h2-5,15-17,24H,1,7-14H2,(H,25,27)(H,26,28). The second kappa shape index (κ2) is 8.60. The number of rotatable bonds is 7. The number of hydrazine groups is 1. The number of hydrogen-bond donors (Lipinski definition) is 3. The highest BCUT2D eigenvalue weighted by molar-refractivity contribution is 7.89. The molecule has 0 aromatic heterocycles. The quantitative estimate of drug-likeness (QED) is 0.439. The molecule has 0 spiro atoms. The maximum Gasteiger partial charge on any atom is 0.269 e.